The van der Waals surface area contributed by atoms with Crippen LogP contribution in [0.5, 0.6) is 0 Å². The lowest BCUT2D eigenvalue weighted by Crippen LogP contribution is -2.43. The fourth-order valence-corrected chi connectivity index (χ4v) is 3.22. The van der Waals surface area contributed by atoms with Crippen LogP contribution >= 0.6 is 23.2 Å². The number of piperidine rings is 1. The van der Waals surface area contributed by atoms with Crippen molar-refractivity contribution in [3.8, 4) is 0 Å². The molecule has 0 radical (unpaired) electrons. The van der Waals surface area contributed by atoms with Gasteiger partial charge in [0.25, 0.3) is 0 Å². The molecule has 2 heterocycles. The summed E-state index contributed by atoms with van der Waals surface area (Å²) in [5.41, 5.74) is 1.96. The average molecular weight is 298 g/mol. The van der Waals surface area contributed by atoms with E-state index in [1.165, 1.54) is 6.42 Å². The molecule has 1 aliphatic rings. The minimum atomic E-state index is 0.107. The zero-order valence-electron chi connectivity index (χ0n) is 10.9. The van der Waals surface area contributed by atoms with Gasteiger partial charge in [0.05, 0.1) is 21.1 Å². The van der Waals surface area contributed by atoms with Crippen LogP contribution in [0.1, 0.15) is 32.0 Å². The first-order chi connectivity index (χ1) is 9.14. The predicted octanol–water partition coefficient (Wildman–Crippen LogP) is 3.90. The van der Waals surface area contributed by atoms with Crippen molar-refractivity contribution in [1.29, 1.82) is 0 Å². The molecule has 0 bridgehead atoms. The molecule has 3 rings (SSSR count). The quantitative estimate of drug-likeness (QED) is 0.882. The number of H-pyrrole nitrogens is 1. The molecule has 0 amide bonds. The van der Waals surface area contributed by atoms with Crippen LogP contribution < -0.4 is 5.32 Å². The van der Waals surface area contributed by atoms with Gasteiger partial charge in [-0.1, -0.05) is 30.1 Å². The molecule has 1 aliphatic heterocycles. The van der Waals surface area contributed by atoms with Crippen molar-refractivity contribution in [3.63, 3.8) is 0 Å². The van der Waals surface area contributed by atoms with E-state index in [0.717, 1.165) is 42.8 Å². The number of nitrogens with one attached hydrogen (secondary N) is 2. The Labute approximate surface area is 122 Å². The van der Waals surface area contributed by atoms with Crippen molar-refractivity contribution in [2.45, 2.75) is 31.6 Å². The molecule has 0 aliphatic carbocycles. The average Bonchev–Trinajstić information content (AvgIpc) is 2.83. The Balaban J connectivity index is 2.09. The number of aromatic amines is 1. The van der Waals surface area contributed by atoms with Gasteiger partial charge in [0, 0.05) is 12.0 Å². The fraction of sp³-hybridized carbons (Fsp3) is 0.500. The molecule has 19 heavy (non-hydrogen) atoms. The van der Waals surface area contributed by atoms with Crippen molar-refractivity contribution in [3.05, 3.63) is 28.0 Å². The summed E-state index contributed by atoms with van der Waals surface area (Å²) in [6, 6.07) is 3.69. The highest BCUT2D eigenvalue weighted by atomic mass is 35.5. The van der Waals surface area contributed by atoms with Gasteiger partial charge in [-0.25, -0.2) is 4.98 Å². The molecule has 5 heteroatoms. The van der Waals surface area contributed by atoms with E-state index in [9.17, 15) is 0 Å². The summed E-state index contributed by atoms with van der Waals surface area (Å²) in [5, 5.41) is 4.60. The lowest BCUT2D eigenvalue weighted by Gasteiger charge is -2.35. The molecule has 1 fully saturated rings. The molecule has 2 aromatic rings. The summed E-state index contributed by atoms with van der Waals surface area (Å²) >= 11 is 12.1. The standard InChI is InChI=1S/C14H17Cl2N3/c1-2-14(4-3-5-17-8-14)13-18-11-6-9(15)10(16)7-12(11)19-13/h6-7,17H,2-5,8H2,1H3,(H,18,19). The number of imidazole rings is 1. The fourth-order valence-electron chi connectivity index (χ4n) is 2.90. The minimum Gasteiger partial charge on any atom is -0.341 e. The SMILES string of the molecule is CCC1(c2nc3cc(Cl)c(Cl)cc3[nH]2)CCCNC1. The second-order valence-corrected chi connectivity index (χ2v) is 6.10. The Morgan fingerprint density at radius 3 is 2.79 bits per heavy atom. The molecule has 1 unspecified atom stereocenters. The molecular weight excluding hydrogens is 281 g/mol. The van der Waals surface area contributed by atoms with Crippen molar-refractivity contribution in [1.82, 2.24) is 15.3 Å². The van der Waals surface area contributed by atoms with Gasteiger partial charge >= 0.3 is 0 Å². The lowest BCUT2D eigenvalue weighted by molar-refractivity contribution is 0.290. The molecule has 3 nitrogen and oxygen atoms in total. The van der Waals surface area contributed by atoms with Gasteiger partial charge in [-0.3, -0.25) is 0 Å². The number of nitrogens with zero attached hydrogens (tertiary/aromatic N) is 1. The van der Waals surface area contributed by atoms with Crippen LogP contribution in [0.4, 0.5) is 0 Å². The lowest BCUT2D eigenvalue weighted by atomic mass is 9.77. The molecule has 0 spiro atoms. The van der Waals surface area contributed by atoms with E-state index in [2.05, 4.69) is 17.2 Å². The first-order valence-corrected chi connectivity index (χ1v) is 7.46. The monoisotopic (exact) mass is 297 g/mol. The van der Waals surface area contributed by atoms with Crippen molar-refractivity contribution < 1.29 is 0 Å². The third kappa shape index (κ3) is 2.24. The van der Waals surface area contributed by atoms with Crippen LogP contribution in [-0.2, 0) is 5.41 Å². The van der Waals surface area contributed by atoms with Gasteiger partial charge in [0.1, 0.15) is 5.82 Å². The predicted molar refractivity (Wildman–Crippen MR) is 80.2 cm³/mol. The van der Waals surface area contributed by atoms with E-state index in [0.29, 0.717) is 10.0 Å². The smallest absolute Gasteiger partial charge is 0.114 e. The van der Waals surface area contributed by atoms with E-state index in [1.54, 1.807) is 0 Å². The maximum atomic E-state index is 6.06. The van der Waals surface area contributed by atoms with E-state index >= 15 is 0 Å². The summed E-state index contributed by atoms with van der Waals surface area (Å²) in [6.07, 6.45) is 3.42. The largest absolute Gasteiger partial charge is 0.341 e. The number of hydrogen-bond acceptors (Lipinski definition) is 2. The molecule has 102 valence electrons. The Kier molecular flexibility index (Phi) is 3.46. The normalized spacial score (nSPS) is 23.9. The van der Waals surface area contributed by atoms with Crippen LogP contribution in [0.25, 0.3) is 11.0 Å². The molecule has 2 N–H and O–H groups in total. The summed E-state index contributed by atoms with van der Waals surface area (Å²) < 4.78 is 0. The van der Waals surface area contributed by atoms with Crippen molar-refractivity contribution in [2.24, 2.45) is 0 Å². The summed E-state index contributed by atoms with van der Waals surface area (Å²) in [7, 11) is 0. The Hall–Kier alpha value is -0.770. The maximum absolute atomic E-state index is 6.06. The zero-order chi connectivity index (χ0) is 13.5. The van der Waals surface area contributed by atoms with E-state index in [-0.39, 0.29) is 5.41 Å². The third-order valence-corrected chi connectivity index (χ3v) is 4.90. The van der Waals surface area contributed by atoms with Gasteiger partial charge in [-0.2, -0.15) is 0 Å². The first-order valence-electron chi connectivity index (χ1n) is 6.70. The summed E-state index contributed by atoms with van der Waals surface area (Å²) in [6.45, 7) is 4.30. The number of fused-ring (bicyclic) bond motifs is 1. The maximum Gasteiger partial charge on any atom is 0.114 e. The van der Waals surface area contributed by atoms with Crippen LogP contribution in [0.2, 0.25) is 10.0 Å². The van der Waals surface area contributed by atoms with E-state index in [1.807, 2.05) is 12.1 Å². The zero-order valence-corrected chi connectivity index (χ0v) is 12.4. The van der Waals surface area contributed by atoms with Crippen LogP contribution in [-0.4, -0.2) is 23.1 Å². The first kappa shape index (κ1) is 13.2. The molecule has 1 aromatic heterocycles. The molecule has 0 saturated carbocycles. The molecular formula is C14H17Cl2N3. The number of halogens is 2. The topological polar surface area (TPSA) is 40.7 Å². The second-order valence-electron chi connectivity index (χ2n) is 5.28. The highest BCUT2D eigenvalue weighted by Gasteiger charge is 2.35. The molecule has 1 atom stereocenters. The number of aromatic nitrogens is 2. The second kappa shape index (κ2) is 4.97. The van der Waals surface area contributed by atoms with Gasteiger partial charge in [-0.15, -0.1) is 0 Å². The minimum absolute atomic E-state index is 0.107. The summed E-state index contributed by atoms with van der Waals surface area (Å²) in [5.74, 6) is 1.05. The Bertz CT molecular complexity index is 561. The summed E-state index contributed by atoms with van der Waals surface area (Å²) in [4.78, 5) is 8.17. The van der Waals surface area contributed by atoms with Crippen LogP contribution in [0.15, 0.2) is 12.1 Å². The number of hydrogen-bond donors (Lipinski definition) is 2. The highest BCUT2D eigenvalue weighted by molar-refractivity contribution is 6.42. The van der Waals surface area contributed by atoms with Gasteiger partial charge < -0.3 is 10.3 Å². The number of rotatable bonds is 2. The van der Waals surface area contributed by atoms with Crippen molar-refractivity contribution in [2.75, 3.05) is 13.1 Å². The molecule has 1 aromatic carbocycles. The number of benzene rings is 1. The van der Waals surface area contributed by atoms with Gasteiger partial charge in [0.15, 0.2) is 0 Å². The van der Waals surface area contributed by atoms with Crippen LogP contribution in [0, 0.1) is 0 Å². The van der Waals surface area contributed by atoms with Crippen LogP contribution in [0.3, 0.4) is 0 Å². The van der Waals surface area contributed by atoms with E-state index < -0.39 is 0 Å². The van der Waals surface area contributed by atoms with E-state index in [4.69, 9.17) is 28.2 Å². The third-order valence-electron chi connectivity index (χ3n) is 4.18. The van der Waals surface area contributed by atoms with Gasteiger partial charge in [0.2, 0.25) is 0 Å². The molecule has 1 saturated heterocycles. The van der Waals surface area contributed by atoms with Gasteiger partial charge in [-0.05, 0) is 37.9 Å². The van der Waals surface area contributed by atoms with Crippen molar-refractivity contribution >= 4 is 34.2 Å². The Morgan fingerprint density at radius 1 is 1.32 bits per heavy atom. The highest BCUT2D eigenvalue weighted by Crippen LogP contribution is 2.35. The Morgan fingerprint density at radius 2 is 2.11 bits per heavy atom.